The van der Waals surface area contributed by atoms with Gasteiger partial charge in [-0.25, -0.2) is 0 Å². The lowest BCUT2D eigenvalue weighted by Gasteiger charge is -2.18. The Kier molecular flexibility index (Phi) is 5.01. The molecule has 0 aliphatic carbocycles. The first-order valence-corrected chi connectivity index (χ1v) is 5.58. The lowest BCUT2D eigenvalue weighted by Crippen LogP contribution is -2.33. The lowest BCUT2D eigenvalue weighted by molar-refractivity contribution is -0.484. The monoisotopic (exact) mass is 283 g/mol. The molecule has 0 spiro atoms. The highest BCUT2D eigenvalue weighted by Gasteiger charge is 2.39. The van der Waals surface area contributed by atoms with Crippen LogP contribution in [-0.4, -0.2) is 40.7 Å². The molecule has 8 nitrogen and oxygen atoms in total. The van der Waals surface area contributed by atoms with E-state index < -0.39 is 35.2 Å². The molecule has 0 unspecified atom stereocenters. The second-order valence-electron chi connectivity index (χ2n) is 4.05. The van der Waals surface area contributed by atoms with E-state index in [1.54, 1.807) is 0 Å². The number of carbonyl (C=O) groups is 2. The van der Waals surface area contributed by atoms with Crippen LogP contribution < -0.4 is 4.74 Å². The molecule has 1 rings (SSSR count). The molecule has 0 saturated carbocycles. The van der Waals surface area contributed by atoms with Crippen LogP contribution in [-0.2, 0) is 9.59 Å². The fraction of sp³-hybridized carbons (Fsp3) is 0.333. The van der Waals surface area contributed by atoms with Gasteiger partial charge in [0.25, 0.3) is 0 Å². The van der Waals surface area contributed by atoms with Gasteiger partial charge in [-0.15, -0.1) is 0 Å². The number of nitrogens with zero attached hydrogens (tertiary/aromatic N) is 1. The van der Waals surface area contributed by atoms with Gasteiger partial charge < -0.3 is 14.9 Å². The standard InChI is InChI=1S/C12H13NO7/c1-20-8-4-2-7(3-5-8)9(6-13(18)19)10(11(14)15)12(16)17/h2-5,9-10H,6H2,1H3,(H,14,15)(H,16,17)/t9-/m0/s1. The van der Waals surface area contributed by atoms with Crippen LogP contribution >= 0.6 is 0 Å². The molecule has 0 heterocycles. The number of carboxylic acid groups (broad SMARTS) is 2. The number of methoxy groups -OCH3 is 1. The Hall–Kier alpha value is -2.64. The van der Waals surface area contributed by atoms with Crippen molar-refractivity contribution in [2.75, 3.05) is 13.7 Å². The van der Waals surface area contributed by atoms with E-state index in [1.165, 1.54) is 31.4 Å². The maximum absolute atomic E-state index is 11.0. The predicted octanol–water partition coefficient (Wildman–Crippen LogP) is 0.841. The van der Waals surface area contributed by atoms with Gasteiger partial charge in [-0.1, -0.05) is 12.1 Å². The quantitative estimate of drug-likeness (QED) is 0.431. The van der Waals surface area contributed by atoms with Crippen LogP contribution in [0.5, 0.6) is 5.75 Å². The number of nitro groups is 1. The summed E-state index contributed by atoms with van der Waals surface area (Å²) < 4.78 is 4.92. The average Bonchev–Trinajstić information content (AvgIpc) is 2.36. The molecule has 0 aliphatic heterocycles. The van der Waals surface area contributed by atoms with Crippen molar-refractivity contribution < 1.29 is 29.5 Å². The molecule has 0 saturated heterocycles. The average molecular weight is 283 g/mol. The molecular formula is C12H13NO7. The number of hydrogen-bond donors (Lipinski definition) is 2. The summed E-state index contributed by atoms with van der Waals surface area (Å²) in [7, 11) is 1.43. The largest absolute Gasteiger partial charge is 0.497 e. The van der Waals surface area contributed by atoms with E-state index in [0.29, 0.717) is 5.75 Å². The van der Waals surface area contributed by atoms with Crippen molar-refractivity contribution in [2.45, 2.75) is 5.92 Å². The first kappa shape index (κ1) is 15.4. The second-order valence-corrected chi connectivity index (χ2v) is 4.05. The van der Waals surface area contributed by atoms with Crippen LogP contribution in [0.4, 0.5) is 0 Å². The summed E-state index contributed by atoms with van der Waals surface area (Å²) in [5.41, 5.74) is 0.261. The maximum atomic E-state index is 11.0. The molecular weight excluding hydrogens is 270 g/mol. The van der Waals surface area contributed by atoms with Crippen LogP contribution in [0.1, 0.15) is 11.5 Å². The molecule has 0 aromatic heterocycles. The third-order valence-corrected chi connectivity index (χ3v) is 2.82. The zero-order valence-corrected chi connectivity index (χ0v) is 10.6. The smallest absolute Gasteiger partial charge is 0.318 e. The lowest BCUT2D eigenvalue weighted by atomic mass is 9.86. The van der Waals surface area contributed by atoms with Crippen molar-refractivity contribution in [3.8, 4) is 5.75 Å². The van der Waals surface area contributed by atoms with E-state index in [-0.39, 0.29) is 5.56 Å². The topological polar surface area (TPSA) is 127 Å². The Morgan fingerprint density at radius 2 is 1.75 bits per heavy atom. The summed E-state index contributed by atoms with van der Waals surface area (Å²) in [5.74, 6) is -5.88. The van der Waals surface area contributed by atoms with Gasteiger partial charge in [0.1, 0.15) is 5.75 Å². The number of rotatable bonds is 7. The van der Waals surface area contributed by atoms with Gasteiger partial charge in [-0.05, 0) is 17.7 Å². The summed E-state index contributed by atoms with van der Waals surface area (Å²) in [5, 5.41) is 28.6. The molecule has 1 aromatic carbocycles. The number of hydrogen-bond acceptors (Lipinski definition) is 5. The zero-order chi connectivity index (χ0) is 15.3. The molecule has 0 bridgehead atoms. The van der Waals surface area contributed by atoms with Gasteiger partial charge in [-0.2, -0.15) is 0 Å². The molecule has 0 amide bonds. The van der Waals surface area contributed by atoms with Crippen molar-refractivity contribution in [2.24, 2.45) is 5.92 Å². The molecule has 20 heavy (non-hydrogen) atoms. The predicted molar refractivity (Wildman–Crippen MR) is 66.4 cm³/mol. The van der Waals surface area contributed by atoms with Crippen LogP contribution in [0.15, 0.2) is 24.3 Å². The van der Waals surface area contributed by atoms with E-state index in [1.807, 2.05) is 0 Å². The summed E-state index contributed by atoms with van der Waals surface area (Å²) in [6.07, 6.45) is 0. The van der Waals surface area contributed by atoms with E-state index in [0.717, 1.165) is 0 Å². The van der Waals surface area contributed by atoms with Gasteiger partial charge in [0.15, 0.2) is 5.92 Å². The fourth-order valence-corrected chi connectivity index (χ4v) is 1.86. The Morgan fingerprint density at radius 1 is 1.25 bits per heavy atom. The Labute approximate surface area is 113 Å². The Bertz CT molecular complexity index is 497. The number of ether oxygens (including phenoxy) is 1. The number of benzene rings is 1. The van der Waals surface area contributed by atoms with Crippen LogP contribution in [0.3, 0.4) is 0 Å². The number of carboxylic acids is 2. The van der Waals surface area contributed by atoms with Gasteiger partial charge in [0, 0.05) is 4.92 Å². The van der Waals surface area contributed by atoms with Crippen LogP contribution in [0.2, 0.25) is 0 Å². The van der Waals surface area contributed by atoms with Gasteiger partial charge in [0.05, 0.1) is 13.0 Å². The van der Waals surface area contributed by atoms with Crippen molar-refractivity contribution in [1.29, 1.82) is 0 Å². The molecule has 0 fully saturated rings. The van der Waals surface area contributed by atoms with Crippen molar-refractivity contribution in [1.82, 2.24) is 0 Å². The minimum absolute atomic E-state index is 0.261. The fourth-order valence-electron chi connectivity index (χ4n) is 1.86. The molecule has 8 heteroatoms. The van der Waals surface area contributed by atoms with E-state index in [2.05, 4.69) is 0 Å². The van der Waals surface area contributed by atoms with Gasteiger partial charge in [-0.3, -0.25) is 19.7 Å². The third-order valence-electron chi connectivity index (χ3n) is 2.82. The minimum atomic E-state index is -1.88. The molecule has 0 radical (unpaired) electrons. The van der Waals surface area contributed by atoms with E-state index in [9.17, 15) is 19.7 Å². The minimum Gasteiger partial charge on any atom is -0.497 e. The van der Waals surface area contributed by atoms with Crippen LogP contribution in [0, 0.1) is 16.0 Å². The first-order valence-electron chi connectivity index (χ1n) is 5.58. The summed E-state index contributed by atoms with van der Waals surface area (Å²) in [6.45, 7) is -0.782. The SMILES string of the molecule is COc1ccc([C@H](C[N+](=O)[O-])C(C(=O)O)C(=O)O)cc1. The maximum Gasteiger partial charge on any atom is 0.318 e. The third kappa shape index (κ3) is 3.67. The molecule has 1 aromatic rings. The second kappa shape index (κ2) is 6.50. The van der Waals surface area contributed by atoms with Crippen LogP contribution in [0.25, 0.3) is 0 Å². The molecule has 0 aliphatic rings. The highest BCUT2D eigenvalue weighted by Crippen LogP contribution is 2.27. The Morgan fingerprint density at radius 3 is 2.10 bits per heavy atom. The van der Waals surface area contributed by atoms with Crippen molar-refractivity contribution >= 4 is 11.9 Å². The molecule has 108 valence electrons. The summed E-state index contributed by atoms with van der Waals surface area (Å²) >= 11 is 0. The van der Waals surface area contributed by atoms with E-state index in [4.69, 9.17) is 14.9 Å². The number of aliphatic carboxylic acids is 2. The molecule has 2 N–H and O–H groups in total. The van der Waals surface area contributed by atoms with Gasteiger partial charge in [0.2, 0.25) is 6.54 Å². The highest BCUT2D eigenvalue weighted by molar-refractivity contribution is 5.94. The van der Waals surface area contributed by atoms with Gasteiger partial charge >= 0.3 is 11.9 Å². The Balaban J connectivity index is 3.18. The molecule has 1 atom stereocenters. The first-order chi connectivity index (χ1) is 9.36. The summed E-state index contributed by atoms with van der Waals surface area (Å²) in [4.78, 5) is 32.0. The zero-order valence-electron chi connectivity index (χ0n) is 10.6. The normalized spacial score (nSPS) is 11.9. The highest BCUT2D eigenvalue weighted by atomic mass is 16.6. The summed E-state index contributed by atoms with van der Waals surface area (Å²) in [6, 6.07) is 5.82. The van der Waals surface area contributed by atoms with Crippen molar-refractivity contribution in [3.05, 3.63) is 39.9 Å². The van der Waals surface area contributed by atoms with E-state index >= 15 is 0 Å². The van der Waals surface area contributed by atoms with Crippen molar-refractivity contribution in [3.63, 3.8) is 0 Å².